The van der Waals surface area contributed by atoms with Crippen molar-refractivity contribution < 1.29 is 14.2 Å². The van der Waals surface area contributed by atoms with Gasteiger partial charge in [0.1, 0.15) is 29.7 Å². The van der Waals surface area contributed by atoms with Gasteiger partial charge in [0.2, 0.25) is 0 Å². The molecule has 31 heavy (non-hydrogen) atoms. The normalized spacial score (nSPS) is 10.4. The molecule has 154 valence electrons. The van der Waals surface area contributed by atoms with Crippen molar-refractivity contribution in [2.75, 3.05) is 14.2 Å². The molecule has 3 aromatic carbocycles. The van der Waals surface area contributed by atoms with Crippen molar-refractivity contribution in [3.63, 3.8) is 0 Å². The number of hydrogen-bond acceptors (Lipinski definition) is 4. The first-order valence-corrected chi connectivity index (χ1v) is 9.67. The number of benzene rings is 3. The number of aromatic amines is 1. The van der Waals surface area contributed by atoms with Crippen LogP contribution in [0.5, 0.6) is 17.2 Å². The zero-order valence-electron chi connectivity index (χ0n) is 17.3. The summed E-state index contributed by atoms with van der Waals surface area (Å²) in [6.45, 7) is 7.43. The SMILES string of the molecule is [C-]#[N+]c1ccc(COc2ccc(-c3cnc(-c4ccc(OC)cc4)[nH]3)c(OC)c2)cc1. The highest BCUT2D eigenvalue weighted by Gasteiger charge is 2.12. The van der Waals surface area contributed by atoms with Gasteiger partial charge in [-0.1, -0.05) is 24.3 Å². The average molecular weight is 411 g/mol. The molecule has 0 unspecified atom stereocenters. The molecule has 0 radical (unpaired) electrons. The number of imidazole rings is 1. The highest BCUT2D eigenvalue weighted by molar-refractivity contribution is 5.71. The molecule has 0 bridgehead atoms. The summed E-state index contributed by atoms with van der Waals surface area (Å²) in [4.78, 5) is 11.3. The molecule has 6 nitrogen and oxygen atoms in total. The van der Waals surface area contributed by atoms with E-state index in [9.17, 15) is 0 Å². The quantitative estimate of drug-likeness (QED) is 0.385. The van der Waals surface area contributed by atoms with E-state index in [0.717, 1.165) is 34.0 Å². The molecule has 0 spiro atoms. The van der Waals surface area contributed by atoms with Crippen LogP contribution in [0.4, 0.5) is 5.69 Å². The van der Waals surface area contributed by atoms with Gasteiger partial charge < -0.3 is 19.2 Å². The lowest BCUT2D eigenvalue weighted by atomic mass is 10.1. The maximum atomic E-state index is 7.02. The third kappa shape index (κ3) is 4.51. The van der Waals surface area contributed by atoms with E-state index in [0.29, 0.717) is 23.8 Å². The van der Waals surface area contributed by atoms with Gasteiger partial charge in [-0.2, -0.15) is 0 Å². The molecule has 0 atom stereocenters. The van der Waals surface area contributed by atoms with Crippen LogP contribution in [0, 0.1) is 6.57 Å². The Labute approximate surface area is 180 Å². The summed E-state index contributed by atoms with van der Waals surface area (Å²) in [6, 6.07) is 20.8. The Morgan fingerprint density at radius 1 is 0.903 bits per heavy atom. The maximum absolute atomic E-state index is 7.02. The third-order valence-corrected chi connectivity index (χ3v) is 4.87. The molecule has 4 aromatic rings. The van der Waals surface area contributed by atoms with Crippen molar-refractivity contribution >= 4 is 5.69 Å². The Morgan fingerprint density at radius 3 is 2.32 bits per heavy atom. The zero-order chi connectivity index (χ0) is 21.6. The average Bonchev–Trinajstić information content (AvgIpc) is 3.33. The van der Waals surface area contributed by atoms with E-state index in [-0.39, 0.29) is 0 Å². The van der Waals surface area contributed by atoms with Crippen LogP contribution >= 0.6 is 0 Å². The van der Waals surface area contributed by atoms with Crippen molar-refractivity contribution in [2.24, 2.45) is 0 Å². The van der Waals surface area contributed by atoms with Gasteiger partial charge in [-0.3, -0.25) is 0 Å². The van der Waals surface area contributed by atoms with Crippen LogP contribution < -0.4 is 14.2 Å². The summed E-state index contributed by atoms with van der Waals surface area (Å²) in [5.41, 5.74) is 4.32. The first-order chi connectivity index (χ1) is 15.2. The molecular weight excluding hydrogens is 390 g/mol. The Kier molecular flexibility index (Phi) is 5.86. The summed E-state index contributed by atoms with van der Waals surface area (Å²) in [5, 5.41) is 0. The Morgan fingerprint density at radius 2 is 1.65 bits per heavy atom. The summed E-state index contributed by atoms with van der Waals surface area (Å²) >= 11 is 0. The molecule has 0 fully saturated rings. The van der Waals surface area contributed by atoms with Crippen molar-refractivity contribution in [2.45, 2.75) is 6.61 Å². The van der Waals surface area contributed by atoms with E-state index in [1.807, 2.05) is 54.6 Å². The Bertz CT molecular complexity index is 1210. The third-order valence-electron chi connectivity index (χ3n) is 4.87. The second kappa shape index (κ2) is 9.06. The highest BCUT2D eigenvalue weighted by atomic mass is 16.5. The lowest BCUT2D eigenvalue weighted by Crippen LogP contribution is -1.96. The molecule has 1 N–H and O–H groups in total. The first-order valence-electron chi connectivity index (χ1n) is 9.67. The number of aromatic nitrogens is 2. The van der Waals surface area contributed by atoms with E-state index in [1.165, 1.54) is 0 Å². The predicted octanol–water partition coefficient (Wildman–Crippen LogP) is 5.89. The maximum Gasteiger partial charge on any atom is 0.187 e. The largest absolute Gasteiger partial charge is 0.497 e. The van der Waals surface area contributed by atoms with E-state index in [4.69, 9.17) is 20.8 Å². The van der Waals surface area contributed by atoms with Crippen LogP contribution in [0.1, 0.15) is 5.56 Å². The topological polar surface area (TPSA) is 60.7 Å². The Balaban J connectivity index is 1.51. The summed E-state index contributed by atoms with van der Waals surface area (Å²) in [7, 11) is 3.28. The number of hydrogen-bond donors (Lipinski definition) is 1. The first kappa shape index (κ1) is 20.0. The molecule has 6 heteroatoms. The monoisotopic (exact) mass is 411 g/mol. The van der Waals surface area contributed by atoms with Gasteiger partial charge >= 0.3 is 0 Å². The predicted molar refractivity (Wildman–Crippen MR) is 120 cm³/mol. The molecule has 1 heterocycles. The number of ether oxygens (including phenoxy) is 3. The molecule has 1 aromatic heterocycles. The number of H-pyrrole nitrogens is 1. The molecule has 0 saturated heterocycles. The standard InChI is InChI=1S/C25H21N3O3/c1-26-19-8-4-17(5-9-19)16-31-21-12-13-22(24(14-21)30-3)23-15-27-25(28-23)18-6-10-20(29-2)11-7-18/h4-15H,16H2,2-3H3,(H,27,28). The van der Waals surface area contributed by atoms with Gasteiger partial charge in [0, 0.05) is 17.2 Å². The highest BCUT2D eigenvalue weighted by Crippen LogP contribution is 2.34. The van der Waals surface area contributed by atoms with Crippen molar-refractivity contribution in [1.82, 2.24) is 9.97 Å². The second-order valence-corrected chi connectivity index (χ2v) is 6.80. The Hall–Kier alpha value is -4.24. The second-order valence-electron chi connectivity index (χ2n) is 6.80. The fourth-order valence-corrected chi connectivity index (χ4v) is 3.17. The smallest absolute Gasteiger partial charge is 0.187 e. The number of nitrogens with one attached hydrogen (secondary N) is 1. The van der Waals surface area contributed by atoms with Crippen molar-refractivity contribution in [3.05, 3.63) is 89.9 Å². The van der Waals surface area contributed by atoms with E-state index < -0.39 is 0 Å². The fraction of sp³-hybridized carbons (Fsp3) is 0.120. The summed E-state index contributed by atoms with van der Waals surface area (Å²) in [5.74, 6) is 2.95. The zero-order valence-corrected chi connectivity index (χ0v) is 17.3. The molecular formula is C25H21N3O3. The van der Waals surface area contributed by atoms with Gasteiger partial charge in [-0.25, -0.2) is 9.83 Å². The van der Waals surface area contributed by atoms with Crippen LogP contribution in [0.3, 0.4) is 0 Å². The van der Waals surface area contributed by atoms with Crippen LogP contribution in [-0.2, 0) is 6.61 Å². The van der Waals surface area contributed by atoms with Crippen LogP contribution in [0.25, 0.3) is 27.5 Å². The molecule has 0 amide bonds. The van der Waals surface area contributed by atoms with Gasteiger partial charge in [0.25, 0.3) is 0 Å². The summed E-state index contributed by atoms with van der Waals surface area (Å²) < 4.78 is 16.7. The minimum absolute atomic E-state index is 0.409. The van der Waals surface area contributed by atoms with Crippen LogP contribution in [-0.4, -0.2) is 24.2 Å². The lowest BCUT2D eigenvalue weighted by molar-refractivity contribution is 0.304. The van der Waals surface area contributed by atoms with E-state index in [1.54, 1.807) is 32.5 Å². The van der Waals surface area contributed by atoms with E-state index >= 15 is 0 Å². The van der Waals surface area contributed by atoms with Crippen LogP contribution in [0.15, 0.2) is 72.9 Å². The van der Waals surface area contributed by atoms with Gasteiger partial charge in [0.05, 0.1) is 32.7 Å². The van der Waals surface area contributed by atoms with Gasteiger partial charge in [-0.15, -0.1) is 0 Å². The van der Waals surface area contributed by atoms with Gasteiger partial charge in [0.15, 0.2) is 5.69 Å². The van der Waals surface area contributed by atoms with Crippen LogP contribution in [0.2, 0.25) is 0 Å². The minimum atomic E-state index is 0.409. The fourth-order valence-electron chi connectivity index (χ4n) is 3.17. The number of methoxy groups -OCH3 is 2. The lowest BCUT2D eigenvalue weighted by Gasteiger charge is -2.11. The molecule has 0 saturated carbocycles. The van der Waals surface area contributed by atoms with E-state index in [2.05, 4.69) is 14.8 Å². The van der Waals surface area contributed by atoms with Gasteiger partial charge in [-0.05, 0) is 42.0 Å². The molecule has 0 aliphatic rings. The number of nitrogens with zero attached hydrogens (tertiary/aromatic N) is 2. The van der Waals surface area contributed by atoms with Crippen molar-refractivity contribution in [1.29, 1.82) is 0 Å². The number of rotatable bonds is 7. The molecule has 0 aliphatic carbocycles. The molecule has 0 aliphatic heterocycles. The van der Waals surface area contributed by atoms with Crippen molar-refractivity contribution in [3.8, 4) is 39.9 Å². The summed E-state index contributed by atoms with van der Waals surface area (Å²) in [6.07, 6.45) is 1.79. The molecule has 4 rings (SSSR count). The minimum Gasteiger partial charge on any atom is -0.497 e.